The molecule has 0 spiro atoms. The molecule has 0 unspecified atom stereocenters. The molecular formula is C16H25IN2O2. The number of nitrogens with zero attached hydrogens (tertiary/aromatic N) is 1. The zero-order chi connectivity index (χ0) is 14.4. The van der Waals surface area contributed by atoms with Crippen LogP contribution in [-0.2, 0) is 0 Å². The summed E-state index contributed by atoms with van der Waals surface area (Å²) >= 11 is 0. The molecule has 1 aliphatic heterocycles. The number of aliphatic hydroxyl groups excluding tert-OH is 1. The molecule has 21 heavy (non-hydrogen) atoms. The van der Waals surface area contributed by atoms with Gasteiger partial charge in [0, 0.05) is 43.7 Å². The highest BCUT2D eigenvalue weighted by molar-refractivity contribution is 14.0. The van der Waals surface area contributed by atoms with Crippen molar-refractivity contribution in [1.29, 1.82) is 0 Å². The van der Waals surface area contributed by atoms with Gasteiger partial charge in [0.1, 0.15) is 5.75 Å². The molecule has 0 fully saturated rings. The molecule has 0 radical (unpaired) electrons. The van der Waals surface area contributed by atoms with Crippen molar-refractivity contribution in [3.63, 3.8) is 0 Å². The third kappa shape index (κ3) is 4.78. The molecule has 0 saturated carbocycles. The number of benzene rings is 1. The minimum atomic E-state index is 0. The number of fused-ring (bicyclic) bond motifs is 1. The molecule has 5 heteroatoms. The second-order valence-electron chi connectivity index (χ2n) is 5.09. The maximum Gasteiger partial charge on any atom is 0.119 e. The fourth-order valence-corrected chi connectivity index (χ4v) is 2.43. The summed E-state index contributed by atoms with van der Waals surface area (Å²) in [5.41, 5.74) is 3.60. The molecule has 0 saturated heterocycles. The van der Waals surface area contributed by atoms with E-state index in [2.05, 4.69) is 35.5 Å². The highest BCUT2D eigenvalue weighted by Crippen LogP contribution is 2.32. The summed E-state index contributed by atoms with van der Waals surface area (Å²) in [6.07, 6.45) is 5.23. The van der Waals surface area contributed by atoms with E-state index in [9.17, 15) is 0 Å². The normalized spacial score (nSPS) is 13.1. The first kappa shape index (κ1) is 18.1. The Morgan fingerprint density at radius 2 is 2.10 bits per heavy atom. The van der Waals surface area contributed by atoms with Gasteiger partial charge in [0.05, 0.1) is 7.11 Å². The average Bonchev–Trinajstić information content (AvgIpc) is 2.48. The van der Waals surface area contributed by atoms with E-state index in [1.54, 1.807) is 7.11 Å². The van der Waals surface area contributed by atoms with Gasteiger partial charge in [-0.15, -0.1) is 24.0 Å². The Kier molecular flexibility index (Phi) is 7.88. The van der Waals surface area contributed by atoms with Crippen LogP contribution >= 0.6 is 24.0 Å². The average molecular weight is 404 g/mol. The molecule has 1 aromatic rings. The molecule has 118 valence electrons. The zero-order valence-corrected chi connectivity index (χ0v) is 15.1. The van der Waals surface area contributed by atoms with E-state index < -0.39 is 0 Å². The molecule has 1 heterocycles. The van der Waals surface area contributed by atoms with E-state index in [-0.39, 0.29) is 30.6 Å². The van der Waals surface area contributed by atoms with Crippen molar-refractivity contribution in [1.82, 2.24) is 5.32 Å². The minimum absolute atomic E-state index is 0. The fraction of sp³-hybridized carbons (Fsp3) is 0.500. The Morgan fingerprint density at radius 1 is 1.29 bits per heavy atom. The number of unbranched alkanes of at least 4 members (excludes halogenated alkanes) is 2. The summed E-state index contributed by atoms with van der Waals surface area (Å²) in [5, 5.41) is 12.3. The smallest absolute Gasteiger partial charge is 0.119 e. The van der Waals surface area contributed by atoms with Gasteiger partial charge in [0.2, 0.25) is 0 Å². The number of anilines is 1. The molecule has 0 amide bonds. The quantitative estimate of drug-likeness (QED) is 0.542. The molecule has 1 aliphatic rings. The van der Waals surface area contributed by atoms with Crippen molar-refractivity contribution < 1.29 is 9.84 Å². The van der Waals surface area contributed by atoms with Crippen LogP contribution in [0.3, 0.4) is 0 Å². The van der Waals surface area contributed by atoms with Gasteiger partial charge in [-0.25, -0.2) is 0 Å². The number of hydrogen-bond donors (Lipinski definition) is 2. The summed E-state index contributed by atoms with van der Waals surface area (Å²) in [5.74, 6) is 0.882. The van der Waals surface area contributed by atoms with Crippen molar-refractivity contribution in [3.8, 4) is 5.75 Å². The molecule has 0 atom stereocenters. The van der Waals surface area contributed by atoms with Crippen LogP contribution in [0.5, 0.6) is 5.75 Å². The van der Waals surface area contributed by atoms with Crippen molar-refractivity contribution in [2.75, 3.05) is 38.8 Å². The topological polar surface area (TPSA) is 44.7 Å². The maximum atomic E-state index is 8.78. The van der Waals surface area contributed by atoms with Crippen molar-refractivity contribution in [2.24, 2.45) is 0 Å². The Morgan fingerprint density at radius 3 is 2.81 bits per heavy atom. The van der Waals surface area contributed by atoms with Crippen LogP contribution in [0.15, 0.2) is 24.3 Å². The van der Waals surface area contributed by atoms with E-state index >= 15 is 0 Å². The number of nitrogens with one attached hydrogen (secondary N) is 1. The number of rotatable bonds is 7. The van der Waals surface area contributed by atoms with Crippen molar-refractivity contribution >= 4 is 35.4 Å². The summed E-state index contributed by atoms with van der Waals surface area (Å²) in [7, 11) is 3.79. The van der Waals surface area contributed by atoms with E-state index in [0.29, 0.717) is 0 Å². The fourth-order valence-electron chi connectivity index (χ4n) is 2.43. The predicted molar refractivity (Wildman–Crippen MR) is 98.6 cm³/mol. The number of hydrogen-bond acceptors (Lipinski definition) is 4. The Hall–Kier alpha value is -0.950. The molecule has 4 nitrogen and oxygen atoms in total. The van der Waals surface area contributed by atoms with Crippen LogP contribution in [0, 0.1) is 0 Å². The maximum absolute atomic E-state index is 8.78. The van der Waals surface area contributed by atoms with Crippen LogP contribution < -0.4 is 15.0 Å². The summed E-state index contributed by atoms with van der Waals surface area (Å²) in [4.78, 5) is 2.23. The van der Waals surface area contributed by atoms with E-state index in [1.165, 1.54) is 16.9 Å². The predicted octanol–water partition coefficient (Wildman–Crippen LogP) is 2.86. The van der Waals surface area contributed by atoms with Gasteiger partial charge >= 0.3 is 0 Å². The van der Waals surface area contributed by atoms with Crippen LogP contribution in [-0.4, -0.2) is 39.0 Å². The Balaban J connectivity index is 0.00000220. The second-order valence-corrected chi connectivity index (χ2v) is 5.09. The number of aliphatic hydroxyl groups is 1. The van der Waals surface area contributed by atoms with Crippen LogP contribution in [0.1, 0.15) is 24.8 Å². The Bertz CT molecular complexity index is 477. The van der Waals surface area contributed by atoms with Crippen molar-refractivity contribution in [3.05, 3.63) is 29.8 Å². The lowest BCUT2D eigenvalue weighted by Crippen LogP contribution is -2.26. The molecule has 0 aliphatic carbocycles. The highest BCUT2D eigenvalue weighted by Gasteiger charge is 2.16. The monoisotopic (exact) mass is 404 g/mol. The lowest BCUT2D eigenvalue weighted by atomic mass is 10.0. The van der Waals surface area contributed by atoms with E-state index in [1.807, 2.05) is 6.07 Å². The van der Waals surface area contributed by atoms with Gasteiger partial charge in [-0.3, -0.25) is 0 Å². The number of methoxy groups -OCH3 is 1. The largest absolute Gasteiger partial charge is 0.497 e. The Labute approximate surface area is 144 Å². The summed E-state index contributed by atoms with van der Waals surface area (Å²) in [6.45, 7) is 2.14. The van der Waals surface area contributed by atoms with Crippen LogP contribution in [0.25, 0.3) is 5.70 Å². The zero-order valence-electron chi connectivity index (χ0n) is 12.8. The van der Waals surface area contributed by atoms with E-state index in [0.717, 1.165) is 38.1 Å². The lowest BCUT2D eigenvalue weighted by Gasteiger charge is -2.28. The third-order valence-corrected chi connectivity index (χ3v) is 3.62. The highest BCUT2D eigenvalue weighted by atomic mass is 127. The number of halogens is 1. The van der Waals surface area contributed by atoms with Gasteiger partial charge in [-0.05, 0) is 43.5 Å². The summed E-state index contributed by atoms with van der Waals surface area (Å²) in [6, 6.07) is 6.19. The van der Waals surface area contributed by atoms with Gasteiger partial charge in [0.15, 0.2) is 0 Å². The van der Waals surface area contributed by atoms with Gasteiger partial charge in [0.25, 0.3) is 0 Å². The summed E-state index contributed by atoms with van der Waals surface area (Å²) < 4.78 is 5.32. The molecule has 2 rings (SSSR count). The number of ether oxygens (including phenoxy) is 1. The molecule has 2 N–H and O–H groups in total. The first-order valence-corrected chi connectivity index (χ1v) is 7.20. The third-order valence-electron chi connectivity index (χ3n) is 3.62. The minimum Gasteiger partial charge on any atom is -0.497 e. The molecule has 1 aromatic carbocycles. The second kappa shape index (κ2) is 9.15. The van der Waals surface area contributed by atoms with Gasteiger partial charge in [-0.1, -0.05) is 0 Å². The SMILES string of the molecule is COc1ccc2c(c1)C(NCCCCCO)=CCN2C.I. The van der Waals surface area contributed by atoms with Crippen LogP contribution in [0.2, 0.25) is 0 Å². The van der Waals surface area contributed by atoms with Gasteiger partial charge in [-0.2, -0.15) is 0 Å². The first-order chi connectivity index (χ1) is 9.76. The van der Waals surface area contributed by atoms with Gasteiger partial charge < -0.3 is 20.1 Å². The van der Waals surface area contributed by atoms with E-state index in [4.69, 9.17) is 9.84 Å². The van der Waals surface area contributed by atoms with Crippen molar-refractivity contribution in [2.45, 2.75) is 19.3 Å². The first-order valence-electron chi connectivity index (χ1n) is 7.20. The molecule has 0 bridgehead atoms. The van der Waals surface area contributed by atoms with Crippen LogP contribution in [0.4, 0.5) is 5.69 Å². The molecular weight excluding hydrogens is 379 g/mol. The standard InChI is InChI=1S/C16H24N2O2.HI/c1-18-10-8-15(17-9-4-3-5-11-19)14-12-13(20-2)6-7-16(14)18;/h6-8,12,17,19H,3-5,9-11H2,1-2H3;1H. The number of likely N-dealkylation sites (N-methyl/N-ethyl adjacent to an activating group) is 1. The molecule has 0 aromatic heterocycles. The lowest BCUT2D eigenvalue weighted by molar-refractivity contribution is 0.283.